The van der Waals surface area contributed by atoms with Crippen LogP contribution in [0.25, 0.3) is 5.69 Å². The summed E-state index contributed by atoms with van der Waals surface area (Å²) < 4.78 is 53.7. The summed E-state index contributed by atoms with van der Waals surface area (Å²) in [4.78, 5) is 5.64. The van der Waals surface area contributed by atoms with Crippen LogP contribution in [0, 0.1) is 11.3 Å². The molecule has 1 aliphatic carbocycles. The predicted octanol–water partition coefficient (Wildman–Crippen LogP) is 6.03. The number of aromatic nitrogens is 2. The number of aliphatic imine (C=N–C) groups is 1. The van der Waals surface area contributed by atoms with Gasteiger partial charge in [-0.1, -0.05) is 46.4 Å². The zero-order valence-corrected chi connectivity index (χ0v) is 18.2. The van der Waals surface area contributed by atoms with Gasteiger partial charge in [0, 0.05) is 20.5 Å². The predicted molar refractivity (Wildman–Crippen MR) is 107 cm³/mol. The first kappa shape index (κ1) is 22.9. The Morgan fingerprint density at radius 3 is 2.20 bits per heavy atom. The van der Waals surface area contributed by atoms with Gasteiger partial charge >= 0.3 is 6.18 Å². The van der Waals surface area contributed by atoms with E-state index in [1.54, 1.807) is 20.2 Å². The summed E-state index contributed by atoms with van der Waals surface area (Å²) in [6.07, 6.45) is -3.75. The third-order valence-corrected chi connectivity index (χ3v) is 5.69. The Morgan fingerprint density at radius 2 is 1.80 bits per heavy atom. The van der Waals surface area contributed by atoms with E-state index >= 15 is 4.39 Å². The first-order chi connectivity index (χ1) is 13.7. The molecule has 1 atom stereocenters. The van der Waals surface area contributed by atoms with Crippen molar-refractivity contribution < 1.29 is 17.6 Å². The zero-order valence-electron chi connectivity index (χ0n) is 15.2. The number of nitrogens with zero attached hydrogens (tertiary/aromatic N) is 5. The molecule has 1 unspecified atom stereocenters. The molecular formula is C17H11Cl4F4N5. The van der Waals surface area contributed by atoms with Crippen molar-refractivity contribution in [1.29, 1.82) is 5.26 Å². The smallest absolute Gasteiger partial charge is 0.369 e. The summed E-state index contributed by atoms with van der Waals surface area (Å²) in [7, 11) is 3.26. The van der Waals surface area contributed by atoms with Gasteiger partial charge < -0.3 is 4.90 Å². The van der Waals surface area contributed by atoms with Crippen LogP contribution in [-0.2, 0) is 11.8 Å². The van der Waals surface area contributed by atoms with Gasteiger partial charge in [-0.2, -0.15) is 23.5 Å². The van der Waals surface area contributed by atoms with Crippen LogP contribution >= 0.6 is 46.4 Å². The minimum Gasteiger partial charge on any atom is -0.369 e. The minimum absolute atomic E-state index is 0.209. The Labute approximate surface area is 188 Å². The van der Waals surface area contributed by atoms with E-state index < -0.39 is 37.5 Å². The lowest BCUT2D eigenvalue weighted by Gasteiger charge is -2.14. The van der Waals surface area contributed by atoms with Crippen molar-refractivity contribution in [3.05, 3.63) is 39.0 Å². The van der Waals surface area contributed by atoms with Gasteiger partial charge in [-0.05, 0) is 12.1 Å². The molecule has 0 N–H and O–H groups in total. The van der Waals surface area contributed by atoms with Crippen LogP contribution in [-0.4, -0.2) is 39.4 Å². The lowest BCUT2D eigenvalue weighted by atomic mass is 10.1. The number of rotatable bonds is 4. The van der Waals surface area contributed by atoms with Gasteiger partial charge in [0.1, 0.15) is 11.8 Å². The second-order valence-corrected chi connectivity index (χ2v) is 9.05. The van der Waals surface area contributed by atoms with Crippen molar-refractivity contribution in [2.45, 2.75) is 22.6 Å². The van der Waals surface area contributed by atoms with E-state index in [0.29, 0.717) is 12.1 Å². The highest BCUT2D eigenvalue weighted by Crippen LogP contribution is 2.68. The third kappa shape index (κ3) is 3.82. The first-order valence-corrected chi connectivity index (χ1v) is 9.61. The molecule has 3 rings (SSSR count). The van der Waals surface area contributed by atoms with Crippen molar-refractivity contribution >= 4 is 58.6 Å². The Morgan fingerprint density at radius 1 is 1.27 bits per heavy atom. The van der Waals surface area contributed by atoms with Crippen LogP contribution in [0.4, 0.5) is 23.4 Å². The van der Waals surface area contributed by atoms with Gasteiger partial charge in [-0.3, -0.25) is 0 Å². The largest absolute Gasteiger partial charge is 0.416 e. The Hall–Kier alpha value is -1.73. The van der Waals surface area contributed by atoms with Crippen LogP contribution in [0.15, 0.2) is 17.1 Å². The van der Waals surface area contributed by atoms with Crippen LogP contribution in [0.5, 0.6) is 0 Å². The number of alkyl halides is 6. The molecule has 0 amide bonds. The quantitative estimate of drug-likeness (QED) is 0.222. The molecule has 30 heavy (non-hydrogen) atoms. The van der Waals surface area contributed by atoms with Crippen molar-refractivity contribution in [2.24, 2.45) is 4.99 Å². The molecule has 1 aliphatic rings. The number of hydrogen-bond acceptors (Lipinski definition) is 3. The first-order valence-electron chi connectivity index (χ1n) is 8.10. The van der Waals surface area contributed by atoms with Crippen molar-refractivity contribution in [1.82, 2.24) is 14.7 Å². The van der Waals surface area contributed by atoms with Crippen molar-refractivity contribution in [3.63, 3.8) is 0 Å². The SMILES string of the molecule is CN(C)C=Nc1c(C2(F)CC2(Cl)Cl)c(C#N)nn1-c1c(Cl)cc(C(F)(F)F)cc1Cl. The lowest BCUT2D eigenvalue weighted by Crippen LogP contribution is -2.11. The van der Waals surface area contributed by atoms with E-state index in [4.69, 9.17) is 46.4 Å². The van der Waals surface area contributed by atoms with Crippen LogP contribution in [0.2, 0.25) is 10.0 Å². The molecule has 1 aromatic heterocycles. The van der Waals surface area contributed by atoms with E-state index in [9.17, 15) is 18.4 Å². The van der Waals surface area contributed by atoms with Crippen molar-refractivity contribution in [3.8, 4) is 11.8 Å². The molecule has 0 saturated heterocycles. The average Bonchev–Trinajstić information content (AvgIpc) is 2.95. The molecule has 1 fully saturated rings. The summed E-state index contributed by atoms with van der Waals surface area (Å²) in [5.74, 6) is -0.227. The molecular weight excluding hydrogens is 492 g/mol. The molecule has 160 valence electrons. The van der Waals surface area contributed by atoms with Crippen LogP contribution < -0.4 is 0 Å². The van der Waals surface area contributed by atoms with E-state index in [1.165, 1.54) is 11.2 Å². The zero-order chi connectivity index (χ0) is 22.6. The van der Waals surface area contributed by atoms with Crippen molar-refractivity contribution in [2.75, 3.05) is 14.1 Å². The average molecular weight is 503 g/mol. The monoisotopic (exact) mass is 501 g/mol. The second kappa shape index (κ2) is 7.45. The molecule has 2 aromatic rings. The topological polar surface area (TPSA) is 57.2 Å². The van der Waals surface area contributed by atoms with E-state index in [1.807, 2.05) is 0 Å². The normalized spacial score (nSPS) is 20.4. The second-order valence-electron chi connectivity index (χ2n) is 6.75. The van der Waals surface area contributed by atoms with Gasteiger partial charge in [0.25, 0.3) is 0 Å². The summed E-state index contributed by atoms with van der Waals surface area (Å²) in [6.45, 7) is 0. The highest BCUT2D eigenvalue weighted by atomic mass is 35.5. The summed E-state index contributed by atoms with van der Waals surface area (Å²) in [6, 6.07) is 3.02. The van der Waals surface area contributed by atoms with Crippen LogP contribution in [0.1, 0.15) is 23.2 Å². The molecule has 0 radical (unpaired) electrons. The molecule has 1 saturated carbocycles. The summed E-state index contributed by atoms with van der Waals surface area (Å²) >= 11 is 24.0. The van der Waals surface area contributed by atoms with Gasteiger partial charge in [0.15, 0.2) is 21.5 Å². The van der Waals surface area contributed by atoms with Gasteiger partial charge in [-0.25, -0.2) is 14.1 Å². The highest BCUT2D eigenvalue weighted by Gasteiger charge is 2.71. The maximum Gasteiger partial charge on any atom is 0.416 e. The van der Waals surface area contributed by atoms with Gasteiger partial charge in [-0.15, -0.1) is 0 Å². The third-order valence-electron chi connectivity index (χ3n) is 4.25. The molecule has 0 bridgehead atoms. The van der Waals surface area contributed by atoms with Crippen LogP contribution in [0.3, 0.4) is 0 Å². The number of hydrogen-bond donors (Lipinski definition) is 0. The highest BCUT2D eigenvalue weighted by molar-refractivity contribution is 6.52. The fraction of sp³-hybridized carbons (Fsp3) is 0.353. The maximum absolute atomic E-state index is 15.4. The Bertz CT molecular complexity index is 1060. The maximum atomic E-state index is 15.4. The molecule has 13 heteroatoms. The van der Waals surface area contributed by atoms with Gasteiger partial charge in [0.05, 0.1) is 27.5 Å². The lowest BCUT2D eigenvalue weighted by molar-refractivity contribution is -0.137. The van der Waals surface area contributed by atoms with E-state index in [-0.39, 0.29) is 23.5 Å². The number of benzene rings is 1. The Kier molecular flexibility index (Phi) is 5.70. The molecule has 5 nitrogen and oxygen atoms in total. The van der Waals surface area contributed by atoms with E-state index in [0.717, 1.165) is 4.68 Å². The van der Waals surface area contributed by atoms with Gasteiger partial charge in [0.2, 0.25) is 0 Å². The molecule has 0 spiro atoms. The molecule has 1 aromatic carbocycles. The number of nitriles is 1. The minimum atomic E-state index is -4.70. The standard InChI is InChI=1S/C17H11Cl4F4N5/c1-29(2)7-27-14-12(15(22)6-16(15,20)21)11(5-26)28-30(14)13-9(18)3-8(4-10(13)19)17(23,24)25/h3-4,7H,6H2,1-2H3. The summed E-state index contributed by atoms with van der Waals surface area (Å²) in [5, 5.41) is 12.6. The fourth-order valence-electron chi connectivity index (χ4n) is 2.76. The van der Waals surface area contributed by atoms with E-state index in [2.05, 4.69) is 10.1 Å². The molecule has 1 heterocycles. The summed E-state index contributed by atoms with van der Waals surface area (Å²) in [5.41, 5.74) is -4.35. The fourth-order valence-corrected chi connectivity index (χ4v) is 3.97. The Balaban J connectivity index is 2.32. The number of halogens is 8. The molecule has 0 aliphatic heterocycles.